The summed E-state index contributed by atoms with van der Waals surface area (Å²) >= 11 is 1.83. The molecule has 90 valence electrons. The minimum Gasteiger partial charge on any atom is -0.378 e. The first-order valence-electron chi connectivity index (χ1n) is 6.24. The van der Waals surface area contributed by atoms with Crippen LogP contribution in [0.4, 0.5) is 0 Å². The van der Waals surface area contributed by atoms with Crippen molar-refractivity contribution in [3.8, 4) is 0 Å². The molecule has 0 amide bonds. The summed E-state index contributed by atoms with van der Waals surface area (Å²) in [6.45, 7) is 0.953. The predicted octanol–water partition coefficient (Wildman–Crippen LogP) is 2.97. The van der Waals surface area contributed by atoms with Crippen molar-refractivity contribution in [1.29, 1.82) is 0 Å². The van der Waals surface area contributed by atoms with Crippen LogP contribution in [0.15, 0.2) is 17.5 Å². The van der Waals surface area contributed by atoms with Crippen molar-refractivity contribution < 1.29 is 4.74 Å². The first-order chi connectivity index (χ1) is 7.84. The van der Waals surface area contributed by atoms with Gasteiger partial charge in [0.2, 0.25) is 0 Å². The number of hydrogen-bond donors (Lipinski definition) is 1. The quantitative estimate of drug-likeness (QED) is 0.828. The van der Waals surface area contributed by atoms with Crippen molar-refractivity contribution in [1.82, 2.24) is 0 Å². The smallest absolute Gasteiger partial charge is 0.0576 e. The standard InChI is InChI=1S/C13H21NOS/c14-11(5-7-12-3-1-9-15-12)6-8-13-4-2-10-16-13/h2,4,10-12H,1,3,5-9,14H2. The number of ether oxygens (including phenoxy) is 1. The lowest BCUT2D eigenvalue weighted by Gasteiger charge is -2.14. The molecule has 1 aliphatic heterocycles. The van der Waals surface area contributed by atoms with Gasteiger partial charge >= 0.3 is 0 Å². The SMILES string of the molecule is NC(CCc1cccs1)CCC1CCCO1. The van der Waals surface area contributed by atoms with Gasteiger partial charge in [0.25, 0.3) is 0 Å². The van der Waals surface area contributed by atoms with Gasteiger partial charge in [0.1, 0.15) is 0 Å². The average molecular weight is 239 g/mol. The molecule has 0 bridgehead atoms. The normalized spacial score (nSPS) is 22.4. The van der Waals surface area contributed by atoms with Crippen molar-refractivity contribution in [3.05, 3.63) is 22.4 Å². The van der Waals surface area contributed by atoms with Crippen LogP contribution in [0.2, 0.25) is 0 Å². The Labute approximate surface area is 102 Å². The monoisotopic (exact) mass is 239 g/mol. The Morgan fingerprint density at radius 2 is 2.44 bits per heavy atom. The minimum absolute atomic E-state index is 0.339. The Balaban J connectivity index is 1.58. The molecule has 2 N–H and O–H groups in total. The van der Waals surface area contributed by atoms with Crippen LogP contribution in [-0.4, -0.2) is 18.8 Å². The van der Waals surface area contributed by atoms with Crippen molar-refractivity contribution >= 4 is 11.3 Å². The van der Waals surface area contributed by atoms with E-state index in [2.05, 4.69) is 17.5 Å². The van der Waals surface area contributed by atoms with Gasteiger partial charge in [0.15, 0.2) is 0 Å². The maximum Gasteiger partial charge on any atom is 0.0576 e. The molecule has 0 radical (unpaired) electrons. The highest BCUT2D eigenvalue weighted by molar-refractivity contribution is 7.09. The Morgan fingerprint density at radius 1 is 1.50 bits per heavy atom. The molecule has 1 aromatic rings. The van der Waals surface area contributed by atoms with Crippen molar-refractivity contribution in [2.75, 3.05) is 6.61 Å². The highest BCUT2D eigenvalue weighted by Crippen LogP contribution is 2.19. The third-order valence-electron chi connectivity index (χ3n) is 3.23. The molecule has 2 rings (SSSR count). The van der Waals surface area contributed by atoms with Crippen LogP contribution in [0.3, 0.4) is 0 Å². The molecular weight excluding hydrogens is 218 g/mol. The zero-order valence-corrected chi connectivity index (χ0v) is 10.5. The molecule has 2 heterocycles. The van der Waals surface area contributed by atoms with Crippen molar-refractivity contribution in [3.63, 3.8) is 0 Å². The molecule has 1 aliphatic rings. The van der Waals surface area contributed by atoms with Crippen LogP contribution in [-0.2, 0) is 11.2 Å². The summed E-state index contributed by atoms with van der Waals surface area (Å²) in [6, 6.07) is 4.64. The van der Waals surface area contributed by atoms with Gasteiger partial charge in [-0.25, -0.2) is 0 Å². The molecule has 1 aromatic heterocycles. The average Bonchev–Trinajstić information content (AvgIpc) is 2.96. The Hall–Kier alpha value is -0.380. The van der Waals surface area contributed by atoms with E-state index in [9.17, 15) is 0 Å². The van der Waals surface area contributed by atoms with Gasteiger partial charge in [-0.3, -0.25) is 0 Å². The Bertz CT molecular complexity index is 280. The van der Waals surface area contributed by atoms with Crippen LogP contribution in [0.5, 0.6) is 0 Å². The summed E-state index contributed by atoms with van der Waals surface area (Å²) < 4.78 is 5.60. The summed E-state index contributed by atoms with van der Waals surface area (Å²) in [7, 11) is 0. The molecule has 2 unspecified atom stereocenters. The van der Waals surface area contributed by atoms with Crippen LogP contribution in [0.1, 0.15) is 37.0 Å². The third-order valence-corrected chi connectivity index (χ3v) is 4.16. The van der Waals surface area contributed by atoms with Gasteiger partial charge in [-0.15, -0.1) is 11.3 Å². The van der Waals surface area contributed by atoms with Crippen LogP contribution in [0.25, 0.3) is 0 Å². The van der Waals surface area contributed by atoms with Gasteiger partial charge in [-0.2, -0.15) is 0 Å². The van der Waals surface area contributed by atoms with Gasteiger partial charge in [0, 0.05) is 17.5 Å². The molecule has 2 nitrogen and oxygen atoms in total. The highest BCUT2D eigenvalue weighted by atomic mass is 32.1. The van der Waals surface area contributed by atoms with Crippen LogP contribution in [0, 0.1) is 0 Å². The Kier molecular flexibility index (Phi) is 4.82. The fourth-order valence-electron chi connectivity index (χ4n) is 2.20. The maximum atomic E-state index is 6.12. The zero-order valence-electron chi connectivity index (χ0n) is 9.73. The summed E-state index contributed by atoms with van der Waals surface area (Å²) in [5, 5.41) is 2.13. The summed E-state index contributed by atoms with van der Waals surface area (Å²) in [5.74, 6) is 0. The lowest BCUT2D eigenvalue weighted by atomic mass is 10.0. The third kappa shape index (κ3) is 3.89. The molecule has 0 aromatic carbocycles. The predicted molar refractivity (Wildman–Crippen MR) is 68.8 cm³/mol. The van der Waals surface area contributed by atoms with E-state index in [0.717, 1.165) is 32.3 Å². The first-order valence-corrected chi connectivity index (χ1v) is 7.12. The molecule has 1 saturated heterocycles. The lowest BCUT2D eigenvalue weighted by molar-refractivity contribution is 0.100. The summed E-state index contributed by atoms with van der Waals surface area (Å²) in [5.41, 5.74) is 6.12. The van der Waals surface area contributed by atoms with Gasteiger partial charge in [0.05, 0.1) is 6.10 Å². The number of thiophene rings is 1. The highest BCUT2D eigenvalue weighted by Gasteiger charge is 2.16. The number of rotatable bonds is 6. The maximum absolute atomic E-state index is 6.12. The fourth-order valence-corrected chi connectivity index (χ4v) is 2.92. The molecular formula is C13H21NOS. The first kappa shape index (κ1) is 12.1. The number of nitrogens with two attached hydrogens (primary N) is 1. The van der Waals surface area contributed by atoms with E-state index in [1.54, 1.807) is 0 Å². The Morgan fingerprint density at radius 3 is 3.12 bits per heavy atom. The second kappa shape index (κ2) is 6.38. The molecule has 3 heteroatoms. The topological polar surface area (TPSA) is 35.2 Å². The fraction of sp³-hybridized carbons (Fsp3) is 0.692. The van der Waals surface area contributed by atoms with Crippen molar-refractivity contribution in [2.45, 2.75) is 50.7 Å². The lowest BCUT2D eigenvalue weighted by Crippen LogP contribution is -2.22. The van der Waals surface area contributed by atoms with E-state index in [4.69, 9.17) is 10.5 Å². The van der Waals surface area contributed by atoms with Gasteiger partial charge in [-0.1, -0.05) is 6.07 Å². The van der Waals surface area contributed by atoms with E-state index in [0.29, 0.717) is 12.1 Å². The number of hydrogen-bond acceptors (Lipinski definition) is 3. The molecule has 16 heavy (non-hydrogen) atoms. The van der Waals surface area contributed by atoms with Gasteiger partial charge in [-0.05, 0) is 50.0 Å². The molecule has 2 atom stereocenters. The number of aryl methyl sites for hydroxylation is 1. The van der Waals surface area contributed by atoms with E-state index >= 15 is 0 Å². The second-order valence-electron chi connectivity index (χ2n) is 4.59. The largest absolute Gasteiger partial charge is 0.378 e. The summed E-state index contributed by atoms with van der Waals surface area (Å²) in [4.78, 5) is 1.45. The molecule has 0 saturated carbocycles. The van der Waals surface area contributed by atoms with E-state index in [1.807, 2.05) is 11.3 Å². The molecule has 1 fully saturated rings. The van der Waals surface area contributed by atoms with E-state index in [1.165, 1.54) is 17.7 Å². The summed E-state index contributed by atoms with van der Waals surface area (Å²) in [6.07, 6.45) is 7.44. The van der Waals surface area contributed by atoms with Crippen molar-refractivity contribution in [2.24, 2.45) is 5.73 Å². The van der Waals surface area contributed by atoms with E-state index < -0.39 is 0 Å². The molecule has 0 spiro atoms. The van der Waals surface area contributed by atoms with Crippen LogP contribution >= 0.6 is 11.3 Å². The second-order valence-corrected chi connectivity index (χ2v) is 5.62. The van der Waals surface area contributed by atoms with Gasteiger partial charge < -0.3 is 10.5 Å². The van der Waals surface area contributed by atoms with Crippen LogP contribution < -0.4 is 5.73 Å². The molecule has 0 aliphatic carbocycles. The zero-order chi connectivity index (χ0) is 11.2. The van der Waals surface area contributed by atoms with E-state index in [-0.39, 0.29) is 0 Å². The minimum atomic E-state index is 0.339.